The average molecular weight is 178 g/mol. The summed E-state index contributed by atoms with van der Waals surface area (Å²) in [6.07, 6.45) is 1.28. The molecule has 0 amide bonds. The zero-order valence-electron chi connectivity index (χ0n) is 8.13. The minimum atomic E-state index is -0.134. The molecule has 1 aliphatic carbocycles. The highest BCUT2D eigenvalue weighted by Crippen LogP contribution is 2.51. The van der Waals surface area contributed by atoms with E-state index in [-0.39, 0.29) is 5.82 Å². The van der Waals surface area contributed by atoms with E-state index in [0.29, 0.717) is 5.92 Å². The molecule has 0 bridgehead atoms. The average Bonchev–Trinajstić information content (AvgIpc) is 2.85. The van der Waals surface area contributed by atoms with Gasteiger partial charge in [0.05, 0.1) is 0 Å². The molecule has 0 N–H and O–H groups in total. The molecule has 0 heterocycles. The summed E-state index contributed by atoms with van der Waals surface area (Å²) < 4.78 is 12.6. The molecule has 0 aliphatic heterocycles. The molecule has 1 aromatic carbocycles. The number of benzene rings is 1. The van der Waals surface area contributed by atoms with Crippen LogP contribution in [0.1, 0.15) is 31.7 Å². The van der Waals surface area contributed by atoms with Crippen LogP contribution in [-0.2, 0) is 0 Å². The fourth-order valence-electron chi connectivity index (χ4n) is 2.04. The monoisotopic (exact) mass is 178 g/mol. The second-order valence-electron chi connectivity index (χ2n) is 4.30. The maximum atomic E-state index is 12.6. The van der Waals surface area contributed by atoms with Gasteiger partial charge in [-0.05, 0) is 41.9 Å². The molecule has 1 aromatic rings. The largest absolute Gasteiger partial charge is 0.207 e. The topological polar surface area (TPSA) is 0 Å². The lowest BCUT2D eigenvalue weighted by atomic mass is 10.0. The molecule has 0 spiro atoms. The number of hydrogen-bond donors (Lipinski definition) is 0. The van der Waals surface area contributed by atoms with E-state index in [1.54, 1.807) is 12.1 Å². The first-order valence-corrected chi connectivity index (χ1v) is 4.94. The van der Waals surface area contributed by atoms with Crippen molar-refractivity contribution in [2.45, 2.75) is 26.2 Å². The van der Waals surface area contributed by atoms with Gasteiger partial charge in [0.2, 0.25) is 0 Å². The van der Waals surface area contributed by atoms with E-state index in [1.165, 1.54) is 12.0 Å². The normalized spacial score (nSPS) is 26.5. The van der Waals surface area contributed by atoms with Crippen LogP contribution in [-0.4, -0.2) is 0 Å². The lowest BCUT2D eigenvalue weighted by molar-refractivity contribution is 0.548. The van der Waals surface area contributed by atoms with Gasteiger partial charge in [-0.2, -0.15) is 0 Å². The second-order valence-corrected chi connectivity index (χ2v) is 4.30. The number of halogens is 1. The van der Waals surface area contributed by atoms with Crippen molar-refractivity contribution < 1.29 is 4.39 Å². The van der Waals surface area contributed by atoms with Gasteiger partial charge in [0.25, 0.3) is 0 Å². The van der Waals surface area contributed by atoms with Gasteiger partial charge in [0.15, 0.2) is 0 Å². The molecule has 13 heavy (non-hydrogen) atoms. The van der Waals surface area contributed by atoms with E-state index >= 15 is 0 Å². The molecule has 2 rings (SSSR count). The van der Waals surface area contributed by atoms with E-state index in [2.05, 4.69) is 13.8 Å². The van der Waals surface area contributed by atoms with E-state index in [0.717, 1.165) is 11.8 Å². The van der Waals surface area contributed by atoms with Gasteiger partial charge in [-0.3, -0.25) is 0 Å². The Labute approximate surface area is 78.8 Å². The molecular formula is C12H15F. The number of rotatable bonds is 2. The molecule has 0 radical (unpaired) electrons. The summed E-state index contributed by atoms with van der Waals surface area (Å²) >= 11 is 0. The lowest BCUT2D eigenvalue weighted by Gasteiger charge is -2.03. The zero-order valence-corrected chi connectivity index (χ0v) is 8.13. The van der Waals surface area contributed by atoms with Crippen molar-refractivity contribution in [1.82, 2.24) is 0 Å². The van der Waals surface area contributed by atoms with Crippen molar-refractivity contribution in [1.29, 1.82) is 0 Å². The maximum Gasteiger partial charge on any atom is 0.123 e. The summed E-state index contributed by atoms with van der Waals surface area (Å²) in [5, 5.41) is 0. The van der Waals surface area contributed by atoms with Crippen LogP contribution in [0.15, 0.2) is 24.3 Å². The summed E-state index contributed by atoms with van der Waals surface area (Å²) in [6.45, 7) is 4.52. The highest BCUT2D eigenvalue weighted by Gasteiger charge is 2.39. The molecule has 0 nitrogen and oxygen atoms in total. The molecule has 0 aromatic heterocycles. The summed E-state index contributed by atoms with van der Waals surface area (Å²) in [5.74, 6) is 2.15. The molecular weight excluding hydrogens is 163 g/mol. The summed E-state index contributed by atoms with van der Waals surface area (Å²) in [5.41, 5.74) is 1.31. The third kappa shape index (κ3) is 1.74. The van der Waals surface area contributed by atoms with Gasteiger partial charge >= 0.3 is 0 Å². The van der Waals surface area contributed by atoms with Crippen LogP contribution < -0.4 is 0 Å². The molecule has 1 unspecified atom stereocenters. The van der Waals surface area contributed by atoms with Crippen LogP contribution in [0.4, 0.5) is 4.39 Å². The molecule has 1 fully saturated rings. The fourth-order valence-corrected chi connectivity index (χ4v) is 2.04. The van der Waals surface area contributed by atoms with E-state index in [9.17, 15) is 4.39 Å². The Morgan fingerprint density at radius 3 is 2.31 bits per heavy atom. The Balaban J connectivity index is 2.08. The van der Waals surface area contributed by atoms with Crippen molar-refractivity contribution in [2.24, 2.45) is 11.8 Å². The van der Waals surface area contributed by atoms with Crippen molar-refractivity contribution in [2.75, 3.05) is 0 Å². The highest BCUT2D eigenvalue weighted by atomic mass is 19.1. The Hall–Kier alpha value is -0.850. The summed E-state index contributed by atoms with van der Waals surface area (Å²) in [4.78, 5) is 0. The van der Waals surface area contributed by atoms with Crippen LogP contribution >= 0.6 is 0 Å². The van der Waals surface area contributed by atoms with Gasteiger partial charge in [0.1, 0.15) is 5.82 Å². The van der Waals surface area contributed by atoms with Crippen molar-refractivity contribution in [3.8, 4) is 0 Å². The third-order valence-electron chi connectivity index (χ3n) is 2.99. The molecule has 1 aliphatic rings. The minimum absolute atomic E-state index is 0.134. The zero-order chi connectivity index (χ0) is 9.42. The van der Waals surface area contributed by atoms with E-state index in [4.69, 9.17) is 0 Å². The van der Waals surface area contributed by atoms with Crippen LogP contribution in [0.5, 0.6) is 0 Å². The van der Waals surface area contributed by atoms with Crippen molar-refractivity contribution >= 4 is 0 Å². The summed E-state index contributed by atoms with van der Waals surface area (Å²) in [6, 6.07) is 6.96. The molecule has 1 heteroatoms. The first kappa shape index (κ1) is 8.74. The van der Waals surface area contributed by atoms with E-state index in [1.807, 2.05) is 12.1 Å². The van der Waals surface area contributed by atoms with Crippen LogP contribution in [0, 0.1) is 17.7 Å². The van der Waals surface area contributed by atoms with Crippen LogP contribution in [0.3, 0.4) is 0 Å². The molecule has 70 valence electrons. The summed E-state index contributed by atoms with van der Waals surface area (Å²) in [7, 11) is 0. The predicted octanol–water partition coefficient (Wildman–Crippen LogP) is 3.59. The molecule has 0 saturated heterocycles. The Bertz CT molecular complexity index is 286. The smallest absolute Gasteiger partial charge is 0.123 e. The third-order valence-corrected chi connectivity index (χ3v) is 2.99. The maximum absolute atomic E-state index is 12.6. The minimum Gasteiger partial charge on any atom is -0.207 e. The fraction of sp³-hybridized carbons (Fsp3) is 0.500. The van der Waals surface area contributed by atoms with Gasteiger partial charge in [-0.15, -0.1) is 0 Å². The van der Waals surface area contributed by atoms with Crippen LogP contribution in [0.25, 0.3) is 0 Å². The quantitative estimate of drug-likeness (QED) is 0.649. The first-order chi connectivity index (χ1) is 6.18. The lowest BCUT2D eigenvalue weighted by Crippen LogP contribution is -1.92. The Morgan fingerprint density at radius 1 is 1.23 bits per heavy atom. The Morgan fingerprint density at radius 2 is 1.85 bits per heavy atom. The Kier molecular flexibility index (Phi) is 2.10. The van der Waals surface area contributed by atoms with E-state index < -0.39 is 0 Å². The van der Waals surface area contributed by atoms with Gasteiger partial charge in [0, 0.05) is 0 Å². The van der Waals surface area contributed by atoms with Crippen LogP contribution in [0.2, 0.25) is 0 Å². The highest BCUT2D eigenvalue weighted by molar-refractivity contribution is 5.26. The van der Waals surface area contributed by atoms with Gasteiger partial charge < -0.3 is 0 Å². The van der Waals surface area contributed by atoms with Crippen molar-refractivity contribution in [3.63, 3.8) is 0 Å². The molecule has 1 saturated carbocycles. The standard InChI is InChI=1S/C12H15F/c1-8(2)11-7-12(11)9-3-5-10(13)6-4-9/h3-6,8,11-12H,7H2,1-2H3/t11?,12-/m0/s1. The number of hydrogen-bond acceptors (Lipinski definition) is 0. The van der Waals surface area contributed by atoms with Gasteiger partial charge in [-0.25, -0.2) is 4.39 Å². The molecule has 2 atom stereocenters. The second kappa shape index (κ2) is 3.13. The van der Waals surface area contributed by atoms with Crippen molar-refractivity contribution in [3.05, 3.63) is 35.6 Å². The van der Waals surface area contributed by atoms with Gasteiger partial charge in [-0.1, -0.05) is 26.0 Å². The SMILES string of the molecule is CC(C)C1C[C@H]1c1ccc(F)cc1. The predicted molar refractivity (Wildman–Crippen MR) is 52.1 cm³/mol. The first-order valence-electron chi connectivity index (χ1n) is 4.94.